The maximum Gasteiger partial charge on any atom is 0.337 e. The van der Waals surface area contributed by atoms with Gasteiger partial charge in [-0.1, -0.05) is 23.2 Å². The van der Waals surface area contributed by atoms with Crippen LogP contribution in [0.2, 0.25) is 10.0 Å². The van der Waals surface area contributed by atoms with Gasteiger partial charge >= 0.3 is 5.97 Å². The van der Waals surface area contributed by atoms with E-state index in [1.54, 1.807) is 6.07 Å². The lowest BCUT2D eigenvalue weighted by Crippen LogP contribution is -2.30. The highest BCUT2D eigenvalue weighted by atomic mass is 35.5. The van der Waals surface area contributed by atoms with Crippen LogP contribution in [0.3, 0.4) is 0 Å². The number of hydrogen-bond acceptors (Lipinski definition) is 5. The second-order valence-corrected chi connectivity index (χ2v) is 6.23. The highest BCUT2D eigenvalue weighted by Crippen LogP contribution is 2.34. The smallest absolute Gasteiger partial charge is 0.337 e. The molecule has 27 heavy (non-hydrogen) atoms. The first kappa shape index (κ1) is 20.7. The molecule has 2 N–H and O–H groups in total. The van der Waals surface area contributed by atoms with E-state index >= 15 is 0 Å². The fraction of sp³-hybridized carbons (Fsp3) is 0.222. The van der Waals surface area contributed by atoms with Crippen molar-refractivity contribution in [2.45, 2.75) is 13.0 Å². The van der Waals surface area contributed by atoms with E-state index in [0.717, 1.165) is 0 Å². The third-order valence-corrected chi connectivity index (χ3v) is 4.11. The molecule has 1 amide bonds. The molecule has 144 valence electrons. The molecule has 0 bridgehead atoms. The number of benzene rings is 2. The Kier molecular flexibility index (Phi) is 6.76. The summed E-state index contributed by atoms with van der Waals surface area (Å²) in [4.78, 5) is 24.0. The number of carbonyl (C=O) groups excluding carboxylic acids is 1. The number of anilines is 1. The number of ether oxygens (including phenoxy) is 3. The predicted molar refractivity (Wildman–Crippen MR) is 102 cm³/mol. The summed E-state index contributed by atoms with van der Waals surface area (Å²) in [5.74, 6) is -1.04. The van der Waals surface area contributed by atoms with Crippen LogP contribution < -0.4 is 19.5 Å². The first-order chi connectivity index (χ1) is 12.8. The molecule has 1 unspecified atom stereocenters. The highest BCUT2D eigenvalue weighted by molar-refractivity contribution is 6.35. The number of hydrogen-bond donors (Lipinski definition) is 2. The second kappa shape index (κ2) is 8.83. The molecule has 1 atom stereocenters. The van der Waals surface area contributed by atoms with Gasteiger partial charge in [0.1, 0.15) is 5.75 Å². The number of carbonyl (C=O) groups is 2. The zero-order chi connectivity index (χ0) is 20.1. The predicted octanol–water partition coefficient (Wildman–Crippen LogP) is 4.11. The zero-order valence-electron chi connectivity index (χ0n) is 14.7. The molecule has 2 rings (SSSR count). The van der Waals surface area contributed by atoms with Crippen molar-refractivity contribution in [1.29, 1.82) is 0 Å². The van der Waals surface area contributed by atoms with E-state index in [1.165, 1.54) is 45.4 Å². The van der Waals surface area contributed by atoms with Crippen molar-refractivity contribution < 1.29 is 28.9 Å². The maximum absolute atomic E-state index is 12.5. The van der Waals surface area contributed by atoms with Crippen molar-refractivity contribution in [3.05, 3.63) is 45.9 Å². The van der Waals surface area contributed by atoms with Crippen LogP contribution in [-0.4, -0.2) is 37.3 Å². The van der Waals surface area contributed by atoms with Gasteiger partial charge in [-0.25, -0.2) is 4.79 Å². The van der Waals surface area contributed by atoms with Gasteiger partial charge in [-0.15, -0.1) is 0 Å². The summed E-state index contributed by atoms with van der Waals surface area (Å²) in [7, 11) is 2.78. The van der Waals surface area contributed by atoms with Crippen LogP contribution >= 0.6 is 23.2 Å². The van der Waals surface area contributed by atoms with E-state index in [-0.39, 0.29) is 33.5 Å². The molecule has 2 aromatic rings. The van der Waals surface area contributed by atoms with Crippen LogP contribution in [0.25, 0.3) is 0 Å². The molecule has 7 nitrogen and oxygen atoms in total. The molecular weight excluding hydrogens is 397 g/mol. The minimum absolute atomic E-state index is 0.0443. The Balaban J connectivity index is 2.24. The molecule has 0 aromatic heterocycles. The molecule has 0 aliphatic heterocycles. The van der Waals surface area contributed by atoms with Crippen LogP contribution in [-0.2, 0) is 4.79 Å². The van der Waals surface area contributed by atoms with Gasteiger partial charge in [-0.05, 0) is 25.1 Å². The molecular formula is C18H17Cl2NO6. The lowest BCUT2D eigenvalue weighted by molar-refractivity contribution is -0.122. The van der Waals surface area contributed by atoms with Crippen molar-refractivity contribution in [3.63, 3.8) is 0 Å². The van der Waals surface area contributed by atoms with Crippen LogP contribution in [0.4, 0.5) is 5.69 Å². The molecule has 0 aliphatic carbocycles. The van der Waals surface area contributed by atoms with E-state index < -0.39 is 18.0 Å². The first-order valence-electron chi connectivity index (χ1n) is 7.68. The zero-order valence-corrected chi connectivity index (χ0v) is 16.2. The van der Waals surface area contributed by atoms with E-state index in [9.17, 15) is 14.7 Å². The van der Waals surface area contributed by atoms with Gasteiger partial charge in [0.15, 0.2) is 17.6 Å². The first-order valence-corrected chi connectivity index (χ1v) is 8.44. The number of methoxy groups -OCH3 is 2. The largest absolute Gasteiger partial charge is 0.493 e. The van der Waals surface area contributed by atoms with Gasteiger partial charge in [-0.2, -0.15) is 0 Å². The second-order valence-electron chi connectivity index (χ2n) is 5.38. The van der Waals surface area contributed by atoms with E-state index in [0.29, 0.717) is 5.02 Å². The summed E-state index contributed by atoms with van der Waals surface area (Å²) >= 11 is 11.9. The molecule has 0 heterocycles. The summed E-state index contributed by atoms with van der Waals surface area (Å²) < 4.78 is 15.8. The average molecular weight is 414 g/mol. The van der Waals surface area contributed by atoms with Crippen molar-refractivity contribution in [1.82, 2.24) is 0 Å². The van der Waals surface area contributed by atoms with Crippen molar-refractivity contribution in [2.75, 3.05) is 19.5 Å². The third kappa shape index (κ3) is 4.96. The molecule has 0 fully saturated rings. The maximum atomic E-state index is 12.5. The molecule has 0 aliphatic rings. The van der Waals surface area contributed by atoms with E-state index in [4.69, 9.17) is 37.4 Å². The van der Waals surface area contributed by atoms with Gasteiger partial charge in [0.25, 0.3) is 5.91 Å². The Bertz CT molecular complexity index is 871. The van der Waals surface area contributed by atoms with Crippen LogP contribution in [0.5, 0.6) is 17.2 Å². The number of rotatable bonds is 7. The lowest BCUT2D eigenvalue weighted by atomic mass is 10.1. The van der Waals surface area contributed by atoms with Crippen LogP contribution in [0, 0.1) is 0 Å². The normalized spacial score (nSPS) is 11.4. The van der Waals surface area contributed by atoms with Crippen molar-refractivity contribution in [2.24, 2.45) is 0 Å². The number of nitrogens with one attached hydrogen (secondary N) is 1. The van der Waals surface area contributed by atoms with Crippen molar-refractivity contribution in [3.8, 4) is 17.2 Å². The number of aromatic carboxylic acids is 1. The summed E-state index contributed by atoms with van der Waals surface area (Å²) in [6.45, 7) is 1.50. The minimum atomic E-state index is -1.24. The Morgan fingerprint density at radius 1 is 1.04 bits per heavy atom. The third-order valence-electron chi connectivity index (χ3n) is 3.58. The summed E-state index contributed by atoms with van der Waals surface area (Å²) in [6.07, 6.45) is -0.960. The van der Waals surface area contributed by atoms with Gasteiger partial charge in [-0.3, -0.25) is 4.79 Å². The SMILES string of the molecule is COc1cc(NC(=O)C(C)Oc2ccc(Cl)cc2Cl)c(C(=O)O)cc1OC. The molecule has 0 saturated carbocycles. The molecule has 0 spiro atoms. The quantitative estimate of drug-likeness (QED) is 0.708. The highest BCUT2D eigenvalue weighted by Gasteiger charge is 2.22. The fourth-order valence-electron chi connectivity index (χ4n) is 2.21. The number of carboxylic acids is 1. The lowest BCUT2D eigenvalue weighted by Gasteiger charge is -2.18. The molecule has 0 saturated heterocycles. The Hall–Kier alpha value is -2.64. The molecule has 2 aromatic carbocycles. The van der Waals surface area contributed by atoms with E-state index in [1.807, 2.05) is 0 Å². The average Bonchev–Trinajstić information content (AvgIpc) is 2.63. The van der Waals surface area contributed by atoms with E-state index in [2.05, 4.69) is 5.32 Å². The Morgan fingerprint density at radius 3 is 2.22 bits per heavy atom. The Morgan fingerprint density at radius 2 is 1.67 bits per heavy atom. The monoisotopic (exact) mass is 413 g/mol. The summed E-state index contributed by atoms with van der Waals surface area (Å²) in [5.41, 5.74) is -0.111. The topological polar surface area (TPSA) is 94.1 Å². The molecule has 0 radical (unpaired) electrons. The van der Waals surface area contributed by atoms with Crippen LogP contribution in [0.1, 0.15) is 17.3 Å². The number of halogens is 2. The van der Waals surface area contributed by atoms with Gasteiger partial charge < -0.3 is 24.6 Å². The van der Waals surface area contributed by atoms with Crippen LogP contribution in [0.15, 0.2) is 30.3 Å². The number of carboxylic acid groups (broad SMARTS) is 1. The minimum Gasteiger partial charge on any atom is -0.493 e. The molecule has 9 heteroatoms. The van der Waals surface area contributed by atoms with Gasteiger partial charge in [0.05, 0.1) is 30.5 Å². The van der Waals surface area contributed by atoms with Gasteiger partial charge in [0, 0.05) is 17.2 Å². The Labute approximate surface area is 165 Å². The number of amides is 1. The van der Waals surface area contributed by atoms with Crippen molar-refractivity contribution >= 4 is 40.8 Å². The summed E-state index contributed by atoms with van der Waals surface area (Å²) in [5, 5.41) is 12.6. The van der Waals surface area contributed by atoms with Gasteiger partial charge in [0.2, 0.25) is 0 Å². The summed E-state index contributed by atoms with van der Waals surface area (Å²) in [6, 6.07) is 7.22. The standard InChI is InChI=1S/C18H17Cl2NO6/c1-9(27-14-5-4-10(19)6-12(14)20)17(22)21-13-8-16(26-3)15(25-2)7-11(13)18(23)24/h4-9H,1-3H3,(H,21,22)(H,23,24). The fourth-order valence-corrected chi connectivity index (χ4v) is 2.66.